The molecule has 168 valence electrons. The first kappa shape index (κ1) is 24.5. The lowest BCUT2D eigenvalue weighted by Gasteiger charge is -2.22. The number of nitrogens with zero attached hydrogens (tertiary/aromatic N) is 1. The fourth-order valence-electron chi connectivity index (χ4n) is 3.42. The van der Waals surface area contributed by atoms with E-state index in [4.69, 9.17) is 11.6 Å². The SMILES string of the molecule is CSc1ccc(S(=O)(=O)NCCSc2ccc(Cl)cc2)cc1C(=O)N1CCCCCC1. The van der Waals surface area contributed by atoms with Crippen molar-refractivity contribution in [1.29, 1.82) is 0 Å². The summed E-state index contributed by atoms with van der Waals surface area (Å²) in [4.78, 5) is 16.9. The Morgan fingerprint density at radius 3 is 2.39 bits per heavy atom. The van der Waals surface area contributed by atoms with Crippen molar-refractivity contribution in [1.82, 2.24) is 9.62 Å². The Morgan fingerprint density at radius 1 is 1.06 bits per heavy atom. The van der Waals surface area contributed by atoms with E-state index in [-0.39, 0.29) is 17.3 Å². The summed E-state index contributed by atoms with van der Waals surface area (Å²) >= 11 is 8.89. The minimum Gasteiger partial charge on any atom is -0.339 e. The summed E-state index contributed by atoms with van der Waals surface area (Å²) < 4.78 is 28.3. The van der Waals surface area contributed by atoms with Crippen LogP contribution in [0.15, 0.2) is 57.2 Å². The van der Waals surface area contributed by atoms with Crippen LogP contribution in [-0.4, -0.2) is 50.9 Å². The summed E-state index contributed by atoms with van der Waals surface area (Å²) in [7, 11) is -3.70. The zero-order valence-corrected chi connectivity index (χ0v) is 20.7. The Labute approximate surface area is 198 Å². The Hall–Kier alpha value is -1.19. The number of nitrogens with one attached hydrogen (secondary N) is 1. The van der Waals surface area contributed by atoms with Gasteiger partial charge in [-0.3, -0.25) is 4.79 Å². The molecule has 5 nitrogen and oxygen atoms in total. The average Bonchev–Trinajstić information content (AvgIpc) is 3.06. The van der Waals surface area contributed by atoms with E-state index in [0.29, 0.717) is 16.3 Å². The second kappa shape index (κ2) is 11.6. The van der Waals surface area contributed by atoms with Crippen molar-refractivity contribution >= 4 is 51.1 Å². The highest BCUT2D eigenvalue weighted by molar-refractivity contribution is 7.99. The highest BCUT2D eigenvalue weighted by Crippen LogP contribution is 2.26. The van der Waals surface area contributed by atoms with Crippen molar-refractivity contribution < 1.29 is 13.2 Å². The Kier molecular flexibility index (Phi) is 9.16. The highest BCUT2D eigenvalue weighted by Gasteiger charge is 2.23. The van der Waals surface area contributed by atoms with Crippen LogP contribution in [0.1, 0.15) is 36.0 Å². The molecule has 2 aromatic carbocycles. The average molecular weight is 499 g/mol. The topological polar surface area (TPSA) is 66.5 Å². The molecule has 0 radical (unpaired) electrons. The Bertz CT molecular complexity index is 990. The number of sulfonamides is 1. The second-order valence-electron chi connectivity index (χ2n) is 7.27. The summed E-state index contributed by atoms with van der Waals surface area (Å²) in [6.07, 6.45) is 6.14. The van der Waals surface area contributed by atoms with E-state index in [9.17, 15) is 13.2 Å². The van der Waals surface area contributed by atoms with Crippen LogP contribution in [-0.2, 0) is 10.0 Å². The van der Waals surface area contributed by atoms with Crippen molar-refractivity contribution in [3.05, 3.63) is 53.1 Å². The fourth-order valence-corrected chi connectivity index (χ4v) is 6.08. The molecule has 1 aliphatic heterocycles. The first-order chi connectivity index (χ1) is 14.9. The van der Waals surface area contributed by atoms with Crippen molar-refractivity contribution in [2.45, 2.75) is 40.4 Å². The molecule has 31 heavy (non-hydrogen) atoms. The molecule has 0 saturated carbocycles. The predicted octanol–water partition coefficient (Wildman–Crippen LogP) is 5.15. The number of rotatable bonds is 8. The monoisotopic (exact) mass is 498 g/mol. The van der Waals surface area contributed by atoms with E-state index < -0.39 is 10.0 Å². The summed E-state index contributed by atoms with van der Waals surface area (Å²) in [6, 6.07) is 12.3. The third-order valence-corrected chi connectivity index (χ3v) is 8.60. The van der Waals surface area contributed by atoms with Crippen LogP contribution in [0.3, 0.4) is 0 Å². The molecule has 1 amide bonds. The van der Waals surface area contributed by atoms with Gasteiger partial charge in [-0.2, -0.15) is 0 Å². The van der Waals surface area contributed by atoms with Crippen molar-refractivity contribution in [2.24, 2.45) is 0 Å². The minimum atomic E-state index is -3.70. The molecule has 1 N–H and O–H groups in total. The lowest BCUT2D eigenvalue weighted by molar-refractivity contribution is 0.0758. The van der Waals surface area contributed by atoms with Crippen molar-refractivity contribution in [2.75, 3.05) is 31.6 Å². The van der Waals surface area contributed by atoms with Crippen LogP contribution in [0, 0.1) is 0 Å². The molecule has 1 fully saturated rings. The predicted molar refractivity (Wildman–Crippen MR) is 130 cm³/mol. The van der Waals surface area contributed by atoms with Crippen LogP contribution >= 0.6 is 35.1 Å². The van der Waals surface area contributed by atoms with Gasteiger partial charge in [0.25, 0.3) is 5.91 Å². The van der Waals surface area contributed by atoms with Gasteiger partial charge in [0.2, 0.25) is 10.0 Å². The largest absolute Gasteiger partial charge is 0.339 e. The number of halogens is 1. The van der Waals surface area contributed by atoms with Gasteiger partial charge < -0.3 is 4.90 Å². The number of hydrogen-bond donors (Lipinski definition) is 1. The first-order valence-corrected chi connectivity index (χ1v) is 14.3. The van der Waals surface area contributed by atoms with Gasteiger partial charge in [-0.25, -0.2) is 13.1 Å². The zero-order chi connectivity index (χ0) is 22.3. The molecule has 0 aliphatic carbocycles. The van der Waals surface area contributed by atoms with Crippen LogP contribution in [0.4, 0.5) is 0 Å². The van der Waals surface area contributed by atoms with Crippen LogP contribution in [0.25, 0.3) is 0 Å². The van der Waals surface area contributed by atoms with E-state index in [0.717, 1.165) is 48.6 Å². The summed E-state index contributed by atoms with van der Waals surface area (Å²) in [6.45, 7) is 1.74. The number of likely N-dealkylation sites (tertiary alicyclic amines) is 1. The van der Waals surface area contributed by atoms with E-state index in [1.54, 1.807) is 23.9 Å². The van der Waals surface area contributed by atoms with Crippen molar-refractivity contribution in [3.63, 3.8) is 0 Å². The fraction of sp³-hybridized carbons (Fsp3) is 0.409. The van der Waals surface area contributed by atoms with Gasteiger partial charge in [0.15, 0.2) is 0 Å². The lowest BCUT2D eigenvalue weighted by Crippen LogP contribution is -2.32. The zero-order valence-electron chi connectivity index (χ0n) is 17.5. The number of carbonyl (C=O) groups excluding carboxylic acids is 1. The standard InChI is InChI=1S/C22H27ClN2O3S3/c1-29-21-11-10-19(16-20(21)22(26)25-13-4-2-3-5-14-25)31(27,28)24-12-15-30-18-8-6-17(23)7-9-18/h6-11,16,24H,2-5,12-15H2,1H3. The third-order valence-electron chi connectivity index (χ3n) is 5.08. The summed E-state index contributed by atoms with van der Waals surface area (Å²) in [5.74, 6) is 0.505. The maximum Gasteiger partial charge on any atom is 0.255 e. The molecule has 1 aliphatic rings. The quantitative estimate of drug-likeness (QED) is 0.402. The molecule has 0 bridgehead atoms. The molecule has 9 heteroatoms. The smallest absolute Gasteiger partial charge is 0.255 e. The molecular weight excluding hydrogens is 472 g/mol. The van der Waals surface area contributed by atoms with Gasteiger partial charge in [-0.1, -0.05) is 24.4 Å². The van der Waals surface area contributed by atoms with Gasteiger partial charge >= 0.3 is 0 Å². The van der Waals surface area contributed by atoms with Gasteiger partial charge in [0, 0.05) is 40.2 Å². The number of amides is 1. The van der Waals surface area contributed by atoms with Gasteiger partial charge in [-0.05, 0) is 61.6 Å². The van der Waals surface area contributed by atoms with Crippen LogP contribution in [0.2, 0.25) is 5.02 Å². The highest BCUT2D eigenvalue weighted by atomic mass is 35.5. The molecule has 0 spiro atoms. The van der Waals surface area contributed by atoms with E-state index in [1.807, 2.05) is 35.4 Å². The van der Waals surface area contributed by atoms with Gasteiger partial charge in [0.1, 0.15) is 0 Å². The molecule has 0 atom stereocenters. The number of benzene rings is 2. The maximum absolute atomic E-state index is 13.1. The molecule has 2 aromatic rings. The normalized spacial score (nSPS) is 15.0. The summed E-state index contributed by atoms with van der Waals surface area (Å²) in [5, 5.41) is 0.671. The van der Waals surface area contributed by atoms with E-state index in [1.165, 1.54) is 17.8 Å². The van der Waals surface area contributed by atoms with Gasteiger partial charge in [-0.15, -0.1) is 23.5 Å². The van der Waals surface area contributed by atoms with Crippen LogP contribution < -0.4 is 4.72 Å². The molecular formula is C22H27ClN2O3S3. The summed E-state index contributed by atoms with van der Waals surface area (Å²) in [5.41, 5.74) is 0.466. The lowest BCUT2D eigenvalue weighted by atomic mass is 10.2. The molecule has 1 saturated heterocycles. The second-order valence-corrected chi connectivity index (χ2v) is 11.5. The molecule has 1 heterocycles. The van der Waals surface area contributed by atoms with Crippen LogP contribution in [0.5, 0.6) is 0 Å². The third kappa shape index (κ3) is 6.89. The molecule has 0 aromatic heterocycles. The van der Waals surface area contributed by atoms with E-state index in [2.05, 4.69) is 4.72 Å². The van der Waals surface area contributed by atoms with E-state index >= 15 is 0 Å². The Balaban J connectivity index is 1.68. The van der Waals surface area contributed by atoms with Crippen molar-refractivity contribution in [3.8, 4) is 0 Å². The van der Waals surface area contributed by atoms with Gasteiger partial charge in [0.05, 0.1) is 10.5 Å². The number of hydrogen-bond acceptors (Lipinski definition) is 5. The number of thioether (sulfide) groups is 2. The first-order valence-electron chi connectivity index (χ1n) is 10.3. The molecule has 3 rings (SSSR count). The number of carbonyl (C=O) groups is 1. The minimum absolute atomic E-state index is 0.0819. The molecule has 0 unspecified atom stereocenters. The maximum atomic E-state index is 13.1. The Morgan fingerprint density at radius 2 is 1.74 bits per heavy atom.